The van der Waals surface area contributed by atoms with Crippen molar-refractivity contribution in [2.75, 3.05) is 46.6 Å². The van der Waals surface area contributed by atoms with Gasteiger partial charge in [-0.05, 0) is 55.3 Å². The van der Waals surface area contributed by atoms with E-state index in [1.807, 2.05) is 42.2 Å². The number of methoxy groups -OCH3 is 1. The van der Waals surface area contributed by atoms with Crippen LogP contribution in [0.2, 0.25) is 0 Å². The molecule has 0 spiro atoms. The average molecular weight is 448 g/mol. The van der Waals surface area contributed by atoms with E-state index >= 15 is 0 Å². The third kappa shape index (κ3) is 4.54. The predicted octanol–water partition coefficient (Wildman–Crippen LogP) is 3.61. The fraction of sp³-hybridized carbons (Fsp3) is 0.346. The van der Waals surface area contributed by atoms with Gasteiger partial charge in [-0.25, -0.2) is 0 Å². The van der Waals surface area contributed by atoms with Crippen LogP contribution < -0.4 is 14.2 Å². The summed E-state index contributed by atoms with van der Waals surface area (Å²) < 4.78 is 16.2. The van der Waals surface area contributed by atoms with Crippen LogP contribution in [-0.4, -0.2) is 67.3 Å². The minimum Gasteiger partial charge on any atom is -0.497 e. The summed E-state index contributed by atoms with van der Waals surface area (Å²) in [6, 6.07) is 12.1. The Kier molecular flexibility index (Phi) is 5.96. The van der Waals surface area contributed by atoms with Crippen LogP contribution >= 0.6 is 0 Å². The highest BCUT2D eigenvalue weighted by Gasteiger charge is 2.20. The Morgan fingerprint density at radius 1 is 1.09 bits per heavy atom. The summed E-state index contributed by atoms with van der Waals surface area (Å²) >= 11 is 0. The topological polar surface area (TPSA) is 67.0 Å². The van der Waals surface area contributed by atoms with Crippen LogP contribution in [0.15, 0.2) is 42.5 Å². The number of rotatable bonds is 6. The molecule has 0 aliphatic carbocycles. The minimum absolute atomic E-state index is 0.0575. The Morgan fingerprint density at radius 3 is 2.73 bits per heavy atom. The summed E-state index contributed by atoms with van der Waals surface area (Å²) in [6.45, 7) is 6.54. The third-order valence-electron chi connectivity index (χ3n) is 6.47. The number of nitrogens with zero attached hydrogens (tertiary/aromatic N) is 2. The molecule has 1 amide bonds. The number of aryl methyl sites for hydroxylation is 1. The lowest BCUT2D eigenvalue weighted by molar-refractivity contribution is -0.127. The van der Waals surface area contributed by atoms with E-state index < -0.39 is 0 Å². The molecule has 3 aromatic rings. The molecule has 1 aromatic heterocycles. The molecule has 7 nitrogen and oxygen atoms in total. The zero-order valence-corrected chi connectivity index (χ0v) is 19.1. The van der Waals surface area contributed by atoms with E-state index in [0.717, 1.165) is 78.6 Å². The highest BCUT2D eigenvalue weighted by Crippen LogP contribution is 2.32. The number of ether oxygens (including phenoxy) is 3. The lowest BCUT2D eigenvalue weighted by Gasteiger charge is -2.34. The number of nitrogens with one attached hydrogen (secondary N) is 1. The lowest BCUT2D eigenvalue weighted by atomic mass is 10.1. The first-order chi connectivity index (χ1) is 16.1. The standard InChI is InChI=1S/C26H29N3O4/c1-18-21(22-16-20(31-2)4-6-23(22)27-18)5-8-26(30)29-13-11-28(12-14-29)10-9-19-3-7-24-25(15-19)33-17-32-24/h3-8,15-16,27H,9-14,17H2,1-2H3/b8-5+. The average Bonchev–Trinajstić information content (AvgIpc) is 3.44. The molecule has 0 atom stereocenters. The Bertz CT molecular complexity index is 1190. The molecule has 2 aliphatic rings. The molecule has 0 saturated carbocycles. The third-order valence-corrected chi connectivity index (χ3v) is 6.47. The van der Waals surface area contributed by atoms with Gasteiger partial charge in [0.1, 0.15) is 5.75 Å². The van der Waals surface area contributed by atoms with Gasteiger partial charge in [0.2, 0.25) is 12.7 Å². The van der Waals surface area contributed by atoms with Gasteiger partial charge >= 0.3 is 0 Å². The molecule has 2 aromatic carbocycles. The van der Waals surface area contributed by atoms with Crippen molar-refractivity contribution < 1.29 is 19.0 Å². The van der Waals surface area contributed by atoms with Crippen molar-refractivity contribution in [2.45, 2.75) is 13.3 Å². The molecule has 3 heterocycles. The maximum absolute atomic E-state index is 12.8. The molecule has 33 heavy (non-hydrogen) atoms. The quantitative estimate of drug-likeness (QED) is 0.585. The van der Waals surface area contributed by atoms with Crippen LogP contribution in [0, 0.1) is 6.92 Å². The van der Waals surface area contributed by atoms with Gasteiger partial charge in [-0.2, -0.15) is 0 Å². The normalized spacial score (nSPS) is 16.1. The minimum atomic E-state index is 0.0575. The molecule has 5 rings (SSSR count). The van der Waals surface area contributed by atoms with Crippen molar-refractivity contribution in [3.8, 4) is 17.2 Å². The number of amides is 1. The van der Waals surface area contributed by atoms with Gasteiger partial charge in [0.25, 0.3) is 0 Å². The first-order valence-electron chi connectivity index (χ1n) is 11.3. The molecule has 7 heteroatoms. The number of carbonyl (C=O) groups excluding carboxylic acids is 1. The molecule has 2 aliphatic heterocycles. The highest BCUT2D eigenvalue weighted by molar-refractivity contribution is 5.97. The van der Waals surface area contributed by atoms with Gasteiger partial charge in [0.15, 0.2) is 11.5 Å². The second kappa shape index (κ2) is 9.19. The van der Waals surface area contributed by atoms with Gasteiger partial charge in [0.05, 0.1) is 7.11 Å². The van der Waals surface area contributed by atoms with E-state index in [4.69, 9.17) is 14.2 Å². The van der Waals surface area contributed by atoms with E-state index in [1.54, 1.807) is 13.2 Å². The van der Waals surface area contributed by atoms with Gasteiger partial charge in [-0.3, -0.25) is 9.69 Å². The molecule has 172 valence electrons. The number of carbonyl (C=O) groups is 1. The molecule has 0 bridgehead atoms. The van der Waals surface area contributed by atoms with Crippen molar-refractivity contribution in [3.63, 3.8) is 0 Å². The maximum atomic E-state index is 12.8. The number of aromatic nitrogens is 1. The first kappa shape index (κ1) is 21.4. The highest BCUT2D eigenvalue weighted by atomic mass is 16.7. The van der Waals surface area contributed by atoms with Gasteiger partial charge in [0, 0.05) is 61.0 Å². The maximum Gasteiger partial charge on any atom is 0.246 e. The number of piperazine rings is 1. The van der Waals surface area contributed by atoms with E-state index in [1.165, 1.54) is 5.56 Å². The van der Waals surface area contributed by atoms with Crippen molar-refractivity contribution in [1.29, 1.82) is 0 Å². The molecule has 0 unspecified atom stereocenters. The Labute approximate surface area is 193 Å². The van der Waals surface area contributed by atoms with E-state index in [2.05, 4.69) is 22.0 Å². The summed E-state index contributed by atoms with van der Waals surface area (Å²) in [5.41, 5.74) is 4.35. The number of H-pyrrole nitrogens is 1. The van der Waals surface area contributed by atoms with Crippen LogP contribution in [0.4, 0.5) is 0 Å². The van der Waals surface area contributed by atoms with Crippen LogP contribution in [0.1, 0.15) is 16.8 Å². The first-order valence-corrected chi connectivity index (χ1v) is 11.3. The molecular weight excluding hydrogens is 418 g/mol. The summed E-state index contributed by atoms with van der Waals surface area (Å²) in [5.74, 6) is 2.51. The molecule has 1 saturated heterocycles. The van der Waals surface area contributed by atoms with Crippen molar-refractivity contribution >= 4 is 22.9 Å². The van der Waals surface area contributed by atoms with Crippen LogP contribution in [-0.2, 0) is 11.2 Å². The number of aromatic amines is 1. The Hall–Kier alpha value is -3.45. The summed E-state index contributed by atoms with van der Waals surface area (Å²) in [6.07, 6.45) is 4.56. The Morgan fingerprint density at radius 2 is 1.91 bits per heavy atom. The summed E-state index contributed by atoms with van der Waals surface area (Å²) in [5, 5.41) is 1.06. The van der Waals surface area contributed by atoms with Crippen molar-refractivity contribution in [2.24, 2.45) is 0 Å². The lowest BCUT2D eigenvalue weighted by Crippen LogP contribution is -2.48. The van der Waals surface area contributed by atoms with E-state index in [-0.39, 0.29) is 5.91 Å². The molecule has 1 fully saturated rings. The molecular formula is C26H29N3O4. The zero-order chi connectivity index (χ0) is 22.8. The summed E-state index contributed by atoms with van der Waals surface area (Å²) in [7, 11) is 1.66. The van der Waals surface area contributed by atoms with Crippen LogP contribution in [0.3, 0.4) is 0 Å². The van der Waals surface area contributed by atoms with Gasteiger partial charge < -0.3 is 24.1 Å². The van der Waals surface area contributed by atoms with Crippen LogP contribution in [0.5, 0.6) is 17.2 Å². The number of benzene rings is 2. The van der Waals surface area contributed by atoms with Crippen molar-refractivity contribution in [3.05, 3.63) is 59.3 Å². The predicted molar refractivity (Wildman–Crippen MR) is 128 cm³/mol. The van der Waals surface area contributed by atoms with Crippen LogP contribution in [0.25, 0.3) is 17.0 Å². The fourth-order valence-corrected chi connectivity index (χ4v) is 4.50. The molecule has 1 N–H and O–H groups in total. The number of hydrogen-bond donors (Lipinski definition) is 1. The largest absolute Gasteiger partial charge is 0.497 e. The van der Waals surface area contributed by atoms with E-state index in [9.17, 15) is 4.79 Å². The van der Waals surface area contributed by atoms with Gasteiger partial charge in [-0.15, -0.1) is 0 Å². The number of hydrogen-bond acceptors (Lipinski definition) is 5. The van der Waals surface area contributed by atoms with Crippen molar-refractivity contribution in [1.82, 2.24) is 14.8 Å². The second-order valence-corrected chi connectivity index (χ2v) is 8.51. The second-order valence-electron chi connectivity index (χ2n) is 8.51. The summed E-state index contributed by atoms with van der Waals surface area (Å²) in [4.78, 5) is 20.5. The molecule has 0 radical (unpaired) electrons. The van der Waals surface area contributed by atoms with E-state index in [0.29, 0.717) is 6.79 Å². The zero-order valence-electron chi connectivity index (χ0n) is 19.1. The fourth-order valence-electron chi connectivity index (χ4n) is 4.50. The van der Waals surface area contributed by atoms with Gasteiger partial charge in [-0.1, -0.05) is 6.07 Å². The number of fused-ring (bicyclic) bond motifs is 2. The Balaban J connectivity index is 1.15. The SMILES string of the molecule is COc1ccc2[nH]c(C)c(/C=C/C(=O)N3CCN(CCc4ccc5c(c4)OCO5)CC3)c2c1. The smallest absolute Gasteiger partial charge is 0.246 e. The monoisotopic (exact) mass is 447 g/mol.